The van der Waals surface area contributed by atoms with E-state index in [1.165, 1.54) is 63.6 Å². The zero-order valence-electron chi connectivity index (χ0n) is 23.9. The summed E-state index contributed by atoms with van der Waals surface area (Å²) < 4.78 is 2.67. The molecule has 1 aromatic heterocycles. The Bertz CT molecular complexity index is 2510. The van der Waals surface area contributed by atoms with Crippen LogP contribution in [0.1, 0.15) is 0 Å². The molecule has 0 N–H and O–H groups in total. The van der Waals surface area contributed by atoms with Crippen molar-refractivity contribution in [2.75, 3.05) is 4.90 Å². The maximum atomic E-state index is 2.41. The third-order valence-electron chi connectivity index (χ3n) is 8.80. The Morgan fingerprint density at radius 2 is 1.00 bits per heavy atom. The van der Waals surface area contributed by atoms with Crippen molar-refractivity contribution in [1.82, 2.24) is 0 Å². The first-order valence-electron chi connectivity index (χ1n) is 15.0. The first-order valence-corrected chi connectivity index (χ1v) is 15.8. The number of rotatable bonds is 4. The second kappa shape index (κ2) is 10.1. The van der Waals surface area contributed by atoms with Gasteiger partial charge in [0.1, 0.15) is 0 Å². The Morgan fingerprint density at radius 3 is 1.91 bits per heavy atom. The zero-order valence-corrected chi connectivity index (χ0v) is 24.8. The molecule has 1 nitrogen and oxygen atoms in total. The third-order valence-corrected chi connectivity index (χ3v) is 9.94. The van der Waals surface area contributed by atoms with Crippen LogP contribution in [0.25, 0.3) is 63.6 Å². The highest BCUT2D eigenvalue weighted by Crippen LogP contribution is 2.43. The Labute approximate surface area is 259 Å². The molecule has 0 unspecified atom stereocenters. The molecule has 0 fully saturated rings. The van der Waals surface area contributed by atoms with E-state index >= 15 is 0 Å². The van der Waals surface area contributed by atoms with E-state index in [9.17, 15) is 0 Å². The number of thiophene rings is 1. The first-order chi connectivity index (χ1) is 21.8. The first kappa shape index (κ1) is 25.1. The molecular formula is C42H27NS. The van der Waals surface area contributed by atoms with Crippen LogP contribution in [0.15, 0.2) is 164 Å². The smallest absolute Gasteiger partial charge is 0.0468 e. The molecule has 206 valence electrons. The van der Waals surface area contributed by atoms with Crippen molar-refractivity contribution >= 4 is 80.9 Å². The van der Waals surface area contributed by atoms with Gasteiger partial charge in [-0.05, 0) is 92.0 Å². The highest BCUT2D eigenvalue weighted by atomic mass is 32.1. The van der Waals surface area contributed by atoms with Crippen LogP contribution in [0.5, 0.6) is 0 Å². The fourth-order valence-electron chi connectivity index (χ4n) is 6.71. The summed E-state index contributed by atoms with van der Waals surface area (Å²) in [5, 5.41) is 10.3. The van der Waals surface area contributed by atoms with Gasteiger partial charge in [0, 0.05) is 37.2 Å². The van der Waals surface area contributed by atoms with Gasteiger partial charge in [-0.25, -0.2) is 0 Å². The number of benzene rings is 8. The summed E-state index contributed by atoms with van der Waals surface area (Å²) in [5.41, 5.74) is 5.82. The van der Waals surface area contributed by atoms with Gasteiger partial charge >= 0.3 is 0 Å². The van der Waals surface area contributed by atoms with Gasteiger partial charge in [0.25, 0.3) is 0 Å². The summed E-state index contributed by atoms with van der Waals surface area (Å²) >= 11 is 1.87. The molecule has 1 heterocycles. The molecule has 0 aliphatic rings. The van der Waals surface area contributed by atoms with Gasteiger partial charge in [-0.2, -0.15) is 0 Å². The maximum Gasteiger partial charge on any atom is 0.0468 e. The fraction of sp³-hybridized carbons (Fsp3) is 0. The standard InChI is InChI=1S/C42H27NS/c1-2-9-28(10-3-1)31-12-8-13-33(25-31)43(35-21-19-30-18-17-29-11-4-5-14-36(29)39(30)27-35)34-22-23-37-32(26-34)20-24-41-42(37)38-15-6-7-16-40(38)44-41/h1-27H. The van der Waals surface area contributed by atoms with Gasteiger partial charge in [-0.15, -0.1) is 11.3 Å². The maximum absolute atomic E-state index is 2.41. The van der Waals surface area contributed by atoms with Crippen LogP contribution in [0.4, 0.5) is 17.1 Å². The summed E-state index contributed by atoms with van der Waals surface area (Å²) in [7, 11) is 0. The lowest BCUT2D eigenvalue weighted by atomic mass is 9.99. The summed E-state index contributed by atoms with van der Waals surface area (Å²) in [4.78, 5) is 2.41. The molecule has 0 atom stereocenters. The normalized spacial score (nSPS) is 11.6. The van der Waals surface area contributed by atoms with E-state index in [1.807, 2.05) is 11.3 Å². The summed E-state index contributed by atoms with van der Waals surface area (Å²) in [6.07, 6.45) is 0. The molecule has 0 aliphatic carbocycles. The fourth-order valence-corrected chi connectivity index (χ4v) is 7.83. The highest BCUT2D eigenvalue weighted by molar-refractivity contribution is 7.26. The molecule has 0 saturated heterocycles. The van der Waals surface area contributed by atoms with Crippen LogP contribution in [-0.4, -0.2) is 0 Å². The molecule has 9 aromatic rings. The molecule has 0 bridgehead atoms. The Morgan fingerprint density at radius 1 is 0.341 bits per heavy atom. The van der Waals surface area contributed by atoms with Crippen molar-refractivity contribution < 1.29 is 0 Å². The molecule has 0 saturated carbocycles. The van der Waals surface area contributed by atoms with E-state index in [4.69, 9.17) is 0 Å². The molecule has 9 rings (SSSR count). The Kier molecular flexibility index (Phi) is 5.75. The van der Waals surface area contributed by atoms with Crippen molar-refractivity contribution in [1.29, 1.82) is 0 Å². The number of anilines is 3. The van der Waals surface area contributed by atoms with Gasteiger partial charge in [0.2, 0.25) is 0 Å². The van der Waals surface area contributed by atoms with Crippen LogP contribution in [0.3, 0.4) is 0 Å². The second-order valence-corrected chi connectivity index (χ2v) is 12.5. The van der Waals surface area contributed by atoms with E-state index in [1.54, 1.807) is 0 Å². The average Bonchev–Trinajstić information content (AvgIpc) is 3.48. The van der Waals surface area contributed by atoms with Crippen LogP contribution >= 0.6 is 11.3 Å². The average molecular weight is 578 g/mol. The van der Waals surface area contributed by atoms with E-state index in [0.29, 0.717) is 0 Å². The second-order valence-electron chi connectivity index (χ2n) is 11.4. The minimum absolute atomic E-state index is 1.13. The molecule has 0 amide bonds. The summed E-state index contributed by atoms with van der Waals surface area (Å²) in [6.45, 7) is 0. The topological polar surface area (TPSA) is 3.24 Å². The molecular weight excluding hydrogens is 551 g/mol. The minimum Gasteiger partial charge on any atom is -0.310 e. The lowest BCUT2D eigenvalue weighted by molar-refractivity contribution is 1.29. The van der Waals surface area contributed by atoms with Crippen molar-refractivity contribution in [3.05, 3.63) is 164 Å². The molecule has 0 radical (unpaired) electrons. The molecule has 2 heteroatoms. The molecule has 0 spiro atoms. The van der Waals surface area contributed by atoms with Crippen molar-refractivity contribution in [2.24, 2.45) is 0 Å². The number of nitrogens with zero attached hydrogens (tertiary/aromatic N) is 1. The molecule has 44 heavy (non-hydrogen) atoms. The van der Waals surface area contributed by atoms with Crippen molar-refractivity contribution in [3.63, 3.8) is 0 Å². The van der Waals surface area contributed by atoms with E-state index in [0.717, 1.165) is 17.1 Å². The number of hydrogen-bond acceptors (Lipinski definition) is 2. The summed E-state index contributed by atoms with van der Waals surface area (Å²) in [6, 6.07) is 59.8. The van der Waals surface area contributed by atoms with Crippen LogP contribution < -0.4 is 4.90 Å². The monoisotopic (exact) mass is 577 g/mol. The lowest BCUT2D eigenvalue weighted by Gasteiger charge is -2.27. The number of fused-ring (bicyclic) bond motifs is 8. The van der Waals surface area contributed by atoms with E-state index in [2.05, 4.69) is 169 Å². The van der Waals surface area contributed by atoms with Gasteiger partial charge < -0.3 is 4.90 Å². The van der Waals surface area contributed by atoms with Gasteiger partial charge in [0.05, 0.1) is 0 Å². The quantitative estimate of drug-likeness (QED) is 0.188. The van der Waals surface area contributed by atoms with Crippen LogP contribution in [0, 0.1) is 0 Å². The van der Waals surface area contributed by atoms with Gasteiger partial charge in [-0.1, -0.05) is 115 Å². The zero-order chi connectivity index (χ0) is 29.0. The highest BCUT2D eigenvalue weighted by Gasteiger charge is 2.17. The Balaban J connectivity index is 1.28. The van der Waals surface area contributed by atoms with Crippen LogP contribution in [-0.2, 0) is 0 Å². The minimum atomic E-state index is 1.13. The number of hydrogen-bond donors (Lipinski definition) is 0. The van der Waals surface area contributed by atoms with Gasteiger partial charge in [-0.3, -0.25) is 0 Å². The molecule has 8 aromatic carbocycles. The predicted molar refractivity (Wildman–Crippen MR) is 192 cm³/mol. The SMILES string of the molecule is c1ccc(-c2cccc(N(c3ccc4c(ccc5sc6ccccc6c54)c3)c3ccc4ccc5ccccc5c4c3)c2)cc1. The van der Waals surface area contributed by atoms with Crippen molar-refractivity contribution in [2.45, 2.75) is 0 Å². The lowest BCUT2D eigenvalue weighted by Crippen LogP contribution is -2.10. The van der Waals surface area contributed by atoms with Gasteiger partial charge in [0.15, 0.2) is 0 Å². The third kappa shape index (κ3) is 4.07. The largest absolute Gasteiger partial charge is 0.310 e. The molecule has 0 aliphatic heterocycles. The Hall–Kier alpha value is -5.44. The van der Waals surface area contributed by atoms with Crippen molar-refractivity contribution in [3.8, 4) is 11.1 Å². The van der Waals surface area contributed by atoms with E-state index < -0.39 is 0 Å². The van der Waals surface area contributed by atoms with E-state index in [-0.39, 0.29) is 0 Å². The predicted octanol–water partition coefficient (Wildman–Crippen LogP) is 12.7. The van der Waals surface area contributed by atoms with Crippen LogP contribution in [0.2, 0.25) is 0 Å². The summed E-state index contributed by atoms with van der Waals surface area (Å²) in [5.74, 6) is 0.